The topological polar surface area (TPSA) is 130 Å². The van der Waals surface area contributed by atoms with Crippen LogP contribution >= 0.6 is 23.2 Å². The monoisotopic (exact) mass is 530 g/mol. The average molecular weight is 531 g/mol. The highest BCUT2D eigenvalue weighted by molar-refractivity contribution is 7.92. The molecule has 2 amide bonds. The second kappa shape index (κ2) is 11.5. The van der Waals surface area contributed by atoms with Crippen LogP contribution in [0.4, 0.5) is 11.4 Å². The number of amides is 2. The molecule has 0 aliphatic carbocycles. The number of likely N-dealkylation sites (N-methyl/N-ethyl adjacent to an activating group) is 1. The van der Waals surface area contributed by atoms with Crippen LogP contribution in [-0.4, -0.2) is 55.4 Å². The first-order valence-electron chi connectivity index (χ1n) is 10.1. The summed E-state index contributed by atoms with van der Waals surface area (Å²) in [7, 11) is -4.02. The molecule has 1 atom stereocenters. The van der Waals surface area contributed by atoms with Crippen LogP contribution in [0, 0.1) is 10.1 Å². The van der Waals surface area contributed by atoms with E-state index in [1.165, 1.54) is 25.1 Å². The number of sulfonamides is 1. The number of non-ortho nitro benzene ring substituents is 1. The maximum Gasteiger partial charge on any atom is 0.271 e. The third-order valence-corrected chi connectivity index (χ3v) is 6.76. The summed E-state index contributed by atoms with van der Waals surface area (Å²) < 4.78 is 25.8. The smallest absolute Gasteiger partial charge is 0.271 e. The van der Waals surface area contributed by atoms with Crippen molar-refractivity contribution in [2.45, 2.75) is 26.4 Å². The van der Waals surface area contributed by atoms with E-state index in [9.17, 15) is 28.1 Å². The number of hydrogen-bond donors (Lipinski definition) is 1. The molecule has 13 heteroatoms. The number of nitrogens with one attached hydrogen (secondary N) is 1. The number of anilines is 1. The van der Waals surface area contributed by atoms with Crippen LogP contribution < -0.4 is 9.62 Å². The van der Waals surface area contributed by atoms with Crippen LogP contribution in [0.2, 0.25) is 10.0 Å². The molecule has 0 spiro atoms. The Morgan fingerprint density at radius 1 is 1.15 bits per heavy atom. The maximum atomic E-state index is 13.4. The highest BCUT2D eigenvalue weighted by Gasteiger charge is 2.31. The SMILES string of the molecule is CCNC(=O)[C@@H](C)N(Cc1c(Cl)cccc1Cl)C(=O)CN(c1cccc([N+](=O)[O-])c1)S(C)(=O)=O. The molecule has 1 N–H and O–H groups in total. The molecule has 184 valence electrons. The van der Waals surface area contributed by atoms with Crippen LogP contribution in [0.5, 0.6) is 0 Å². The standard InChI is InChI=1S/C21H24Cl2N4O6S/c1-4-24-21(29)14(2)25(12-17-18(22)9-6-10-19(17)23)20(28)13-26(34(3,32)33)15-7-5-8-16(11-15)27(30)31/h5-11,14H,4,12-13H2,1-3H3,(H,24,29)/t14-/m1/s1. The van der Waals surface area contributed by atoms with Gasteiger partial charge in [-0.3, -0.25) is 24.0 Å². The Morgan fingerprint density at radius 2 is 1.74 bits per heavy atom. The minimum atomic E-state index is -4.02. The van der Waals surface area contributed by atoms with Crippen LogP contribution in [0.15, 0.2) is 42.5 Å². The lowest BCUT2D eigenvalue weighted by Crippen LogP contribution is -2.51. The van der Waals surface area contributed by atoms with Gasteiger partial charge in [0.1, 0.15) is 12.6 Å². The van der Waals surface area contributed by atoms with Crippen molar-refractivity contribution in [1.29, 1.82) is 0 Å². The fourth-order valence-corrected chi connectivity index (χ4v) is 4.49. The second-order valence-electron chi connectivity index (χ2n) is 7.34. The predicted molar refractivity (Wildman–Crippen MR) is 130 cm³/mol. The first-order chi connectivity index (χ1) is 15.9. The first-order valence-corrected chi connectivity index (χ1v) is 12.7. The van der Waals surface area contributed by atoms with Gasteiger partial charge in [-0.25, -0.2) is 8.42 Å². The van der Waals surface area contributed by atoms with Gasteiger partial charge in [0, 0.05) is 40.8 Å². The molecular weight excluding hydrogens is 507 g/mol. The number of carbonyl (C=O) groups excluding carboxylic acids is 2. The Kier molecular flexibility index (Phi) is 9.25. The minimum Gasteiger partial charge on any atom is -0.355 e. The van der Waals surface area contributed by atoms with E-state index in [1.807, 2.05) is 0 Å². The van der Waals surface area contributed by atoms with E-state index < -0.39 is 39.3 Å². The molecule has 2 aromatic carbocycles. The van der Waals surface area contributed by atoms with Crippen LogP contribution in [0.3, 0.4) is 0 Å². The van der Waals surface area contributed by atoms with E-state index in [-0.39, 0.29) is 28.0 Å². The van der Waals surface area contributed by atoms with E-state index >= 15 is 0 Å². The van der Waals surface area contributed by atoms with Gasteiger partial charge in [-0.2, -0.15) is 0 Å². The molecule has 0 fully saturated rings. The number of carbonyl (C=O) groups is 2. The van der Waals surface area contributed by atoms with Gasteiger partial charge in [-0.1, -0.05) is 35.3 Å². The molecule has 2 rings (SSSR count). The second-order valence-corrected chi connectivity index (χ2v) is 10.1. The highest BCUT2D eigenvalue weighted by atomic mass is 35.5. The van der Waals surface area contributed by atoms with Gasteiger partial charge < -0.3 is 10.2 Å². The van der Waals surface area contributed by atoms with Gasteiger partial charge >= 0.3 is 0 Å². The fourth-order valence-electron chi connectivity index (χ4n) is 3.13. The molecule has 0 saturated carbocycles. The molecule has 0 aromatic heterocycles. The molecular formula is C21H24Cl2N4O6S. The van der Waals surface area contributed by atoms with Gasteiger partial charge in [0.25, 0.3) is 5.69 Å². The summed E-state index contributed by atoms with van der Waals surface area (Å²) in [5.41, 5.74) is -0.0166. The van der Waals surface area contributed by atoms with E-state index in [0.29, 0.717) is 12.1 Å². The van der Waals surface area contributed by atoms with E-state index in [2.05, 4.69) is 5.32 Å². The Labute approximate surface area is 207 Å². The van der Waals surface area contributed by atoms with Crippen molar-refractivity contribution in [2.75, 3.05) is 23.7 Å². The number of nitrogens with zero attached hydrogens (tertiary/aromatic N) is 3. The van der Waals surface area contributed by atoms with Gasteiger partial charge in [0.15, 0.2) is 0 Å². The van der Waals surface area contributed by atoms with Crippen molar-refractivity contribution in [1.82, 2.24) is 10.2 Å². The zero-order valence-corrected chi connectivity index (χ0v) is 21.0. The third-order valence-electron chi connectivity index (χ3n) is 4.92. The minimum absolute atomic E-state index is 0.0635. The molecule has 2 aromatic rings. The summed E-state index contributed by atoms with van der Waals surface area (Å²) in [6.07, 6.45) is 0.877. The molecule has 0 radical (unpaired) electrons. The first kappa shape index (κ1) is 27.4. The molecule has 0 aliphatic rings. The molecule has 0 unspecified atom stereocenters. The lowest BCUT2D eigenvalue weighted by Gasteiger charge is -2.31. The van der Waals surface area contributed by atoms with Crippen LogP contribution in [0.1, 0.15) is 19.4 Å². The highest BCUT2D eigenvalue weighted by Crippen LogP contribution is 2.28. The number of hydrogen-bond acceptors (Lipinski definition) is 6. The number of nitro benzene ring substituents is 1. The summed E-state index contributed by atoms with van der Waals surface area (Å²) >= 11 is 12.5. The predicted octanol–water partition coefficient (Wildman–Crippen LogP) is 3.22. The lowest BCUT2D eigenvalue weighted by atomic mass is 10.1. The average Bonchev–Trinajstić information content (AvgIpc) is 2.76. The van der Waals surface area contributed by atoms with Gasteiger partial charge in [-0.15, -0.1) is 0 Å². The Morgan fingerprint density at radius 3 is 2.26 bits per heavy atom. The molecule has 0 aliphatic heterocycles. The van der Waals surface area contributed by atoms with Gasteiger partial charge in [0.05, 0.1) is 16.9 Å². The van der Waals surface area contributed by atoms with E-state index in [0.717, 1.165) is 21.5 Å². The third kappa shape index (κ3) is 6.81. The normalized spacial score (nSPS) is 12.0. The zero-order valence-electron chi connectivity index (χ0n) is 18.7. The number of rotatable bonds is 10. The summed E-state index contributed by atoms with van der Waals surface area (Å²) in [6, 6.07) is 8.69. The van der Waals surface area contributed by atoms with E-state index in [4.69, 9.17) is 23.2 Å². The molecule has 0 saturated heterocycles. The van der Waals surface area contributed by atoms with Crippen LogP contribution in [-0.2, 0) is 26.2 Å². The molecule has 0 bridgehead atoms. The van der Waals surface area contributed by atoms with Crippen LogP contribution in [0.25, 0.3) is 0 Å². The zero-order chi connectivity index (χ0) is 25.6. The van der Waals surface area contributed by atoms with Crippen molar-refractivity contribution >= 4 is 56.4 Å². The van der Waals surface area contributed by atoms with Gasteiger partial charge in [-0.05, 0) is 32.0 Å². The summed E-state index contributed by atoms with van der Waals surface area (Å²) in [4.78, 5) is 37.6. The summed E-state index contributed by atoms with van der Waals surface area (Å²) in [6.45, 7) is 2.66. The molecule has 10 nitrogen and oxygen atoms in total. The van der Waals surface area contributed by atoms with Crippen molar-refractivity contribution in [3.05, 3.63) is 68.2 Å². The number of nitro groups is 1. The number of halogens is 2. The largest absolute Gasteiger partial charge is 0.355 e. The Hall–Kier alpha value is -2.89. The van der Waals surface area contributed by atoms with Crippen molar-refractivity contribution in [3.8, 4) is 0 Å². The fraction of sp³-hybridized carbons (Fsp3) is 0.333. The van der Waals surface area contributed by atoms with Crippen molar-refractivity contribution in [3.63, 3.8) is 0 Å². The lowest BCUT2D eigenvalue weighted by molar-refractivity contribution is -0.384. The van der Waals surface area contributed by atoms with Gasteiger partial charge in [0.2, 0.25) is 21.8 Å². The molecule has 34 heavy (non-hydrogen) atoms. The van der Waals surface area contributed by atoms with Crippen molar-refractivity contribution in [2.24, 2.45) is 0 Å². The maximum absolute atomic E-state index is 13.4. The van der Waals surface area contributed by atoms with E-state index in [1.54, 1.807) is 25.1 Å². The Balaban J connectivity index is 2.48. The summed E-state index contributed by atoms with van der Waals surface area (Å²) in [5, 5.41) is 14.3. The molecule has 0 heterocycles. The summed E-state index contributed by atoms with van der Waals surface area (Å²) in [5.74, 6) is -1.19. The van der Waals surface area contributed by atoms with Crippen molar-refractivity contribution < 1.29 is 22.9 Å². The quantitative estimate of drug-likeness (QED) is 0.370. The number of benzene rings is 2. The Bertz CT molecular complexity index is 1170.